The summed E-state index contributed by atoms with van der Waals surface area (Å²) in [4.78, 5) is 0. The van der Waals surface area contributed by atoms with Crippen LogP contribution in [0.25, 0.3) is 0 Å². The molecular weight excluding hydrogens is 400 g/mol. The number of hydrogen-bond donors (Lipinski definition) is 0. The van der Waals surface area contributed by atoms with E-state index in [1.165, 1.54) is 50.4 Å². The molecule has 0 bridgehead atoms. The maximum Gasteiger partial charge on any atom is 0 e. The van der Waals surface area contributed by atoms with Gasteiger partial charge in [0, 0.05) is 21.1 Å². The van der Waals surface area contributed by atoms with E-state index in [9.17, 15) is 0 Å². The van der Waals surface area contributed by atoms with Gasteiger partial charge in [-0.2, -0.15) is 0 Å². The van der Waals surface area contributed by atoms with Crippen molar-refractivity contribution < 1.29 is 21.1 Å². The maximum absolute atomic E-state index is 2.23. The van der Waals surface area contributed by atoms with Gasteiger partial charge in [-0.1, -0.05) is 39.5 Å². The predicted molar refractivity (Wildman–Crippen MR) is 79.9 cm³/mol. The van der Waals surface area contributed by atoms with Crippen LogP contribution in [0.5, 0.6) is 0 Å². The molecule has 2 rings (SSSR count). The fraction of sp³-hybridized carbons (Fsp3) is 0.444. The second kappa shape index (κ2) is 13.7. The van der Waals surface area contributed by atoms with Crippen LogP contribution < -0.4 is 0 Å². The Balaban J connectivity index is 0.000000324. The van der Waals surface area contributed by atoms with Crippen molar-refractivity contribution in [3.8, 4) is 0 Å². The van der Waals surface area contributed by atoms with Crippen molar-refractivity contribution in [2.45, 2.75) is 52.4 Å². The molecule has 0 saturated heterocycles. The molecule has 0 spiro atoms. The van der Waals surface area contributed by atoms with Gasteiger partial charge in [-0.15, -0.1) is 0 Å². The van der Waals surface area contributed by atoms with Gasteiger partial charge in [0.15, 0.2) is 0 Å². The molecule has 0 heterocycles. The van der Waals surface area contributed by atoms with Crippen LogP contribution in [-0.4, -0.2) is 0 Å². The second-order valence-corrected chi connectivity index (χ2v) is 4.79. The topological polar surface area (TPSA) is 0 Å². The van der Waals surface area contributed by atoms with Crippen LogP contribution in [0.3, 0.4) is 0 Å². The first-order valence-corrected chi connectivity index (χ1v) is 7.28. The molecule has 0 aliphatic heterocycles. The van der Waals surface area contributed by atoms with Crippen LogP contribution in [0, 0.1) is 63.2 Å². The van der Waals surface area contributed by atoms with Crippen molar-refractivity contribution in [3.63, 3.8) is 0 Å². The molecule has 0 aromatic heterocycles. The van der Waals surface area contributed by atoms with Gasteiger partial charge in [0.1, 0.15) is 0 Å². The van der Waals surface area contributed by atoms with Crippen molar-refractivity contribution in [2.24, 2.45) is 0 Å². The monoisotopic (exact) mass is 426 g/mol. The van der Waals surface area contributed by atoms with Gasteiger partial charge in [-0.05, 0) is 76.0 Å². The minimum Gasteiger partial charge on any atom is -0.0654 e. The SMILES string of the molecule is CCCC[C]1[CH][CH][CH][CH]1.CCCC[C]1[CH][CH][CH][CH]1.[W]. The van der Waals surface area contributed by atoms with E-state index >= 15 is 0 Å². The molecule has 0 atom stereocenters. The molecule has 10 radical (unpaired) electrons. The van der Waals surface area contributed by atoms with E-state index < -0.39 is 0 Å². The first-order chi connectivity index (χ1) is 8.86. The molecule has 1 heteroatoms. The minimum absolute atomic E-state index is 0. The van der Waals surface area contributed by atoms with Crippen LogP contribution >= 0.6 is 0 Å². The smallest absolute Gasteiger partial charge is 0 e. The van der Waals surface area contributed by atoms with Crippen LogP contribution in [0.15, 0.2) is 0 Å². The summed E-state index contributed by atoms with van der Waals surface area (Å²) in [7, 11) is 0. The Labute approximate surface area is 136 Å². The number of hydrogen-bond acceptors (Lipinski definition) is 0. The Kier molecular flexibility index (Phi) is 14.2. The average Bonchev–Trinajstić information content (AvgIpc) is 3.07. The zero-order valence-corrected chi connectivity index (χ0v) is 15.2. The summed E-state index contributed by atoms with van der Waals surface area (Å²) >= 11 is 0. The van der Waals surface area contributed by atoms with Crippen molar-refractivity contribution >= 4 is 0 Å². The summed E-state index contributed by atoms with van der Waals surface area (Å²) in [5.74, 6) is 2.97. The van der Waals surface area contributed by atoms with Crippen molar-refractivity contribution in [1.29, 1.82) is 0 Å². The zero-order valence-electron chi connectivity index (χ0n) is 12.3. The summed E-state index contributed by atoms with van der Waals surface area (Å²) in [6, 6.07) is 0. The third kappa shape index (κ3) is 10.1. The Bertz CT molecular complexity index is 147. The zero-order chi connectivity index (χ0) is 13.1. The molecule has 2 aliphatic rings. The van der Waals surface area contributed by atoms with E-state index in [0.717, 1.165) is 0 Å². The molecule has 19 heavy (non-hydrogen) atoms. The van der Waals surface area contributed by atoms with E-state index in [1.807, 2.05) is 0 Å². The normalized spacial score (nSPS) is 19.9. The largest absolute Gasteiger partial charge is 0.0654 e. The van der Waals surface area contributed by atoms with E-state index in [0.29, 0.717) is 0 Å². The fourth-order valence-corrected chi connectivity index (χ4v) is 1.92. The summed E-state index contributed by atoms with van der Waals surface area (Å²) in [5.41, 5.74) is 0. The Morgan fingerprint density at radius 3 is 1.21 bits per heavy atom. The molecule has 0 N–H and O–H groups in total. The summed E-state index contributed by atoms with van der Waals surface area (Å²) < 4.78 is 0. The van der Waals surface area contributed by atoms with Crippen molar-refractivity contribution in [3.05, 3.63) is 63.2 Å². The summed E-state index contributed by atoms with van der Waals surface area (Å²) in [6.45, 7) is 4.45. The van der Waals surface area contributed by atoms with E-state index in [2.05, 4.69) is 65.2 Å². The van der Waals surface area contributed by atoms with Gasteiger partial charge in [0.25, 0.3) is 0 Å². The van der Waals surface area contributed by atoms with E-state index in [-0.39, 0.29) is 21.1 Å². The van der Waals surface area contributed by atoms with Gasteiger partial charge in [-0.3, -0.25) is 0 Å². The summed E-state index contributed by atoms with van der Waals surface area (Å²) in [6.07, 6.45) is 24.9. The first-order valence-electron chi connectivity index (χ1n) is 7.28. The van der Waals surface area contributed by atoms with Gasteiger partial charge in [-0.25, -0.2) is 0 Å². The van der Waals surface area contributed by atoms with Gasteiger partial charge in [0.2, 0.25) is 0 Å². The van der Waals surface area contributed by atoms with Gasteiger partial charge in [0.05, 0.1) is 0 Å². The van der Waals surface area contributed by atoms with Gasteiger partial charge < -0.3 is 0 Å². The molecule has 0 amide bonds. The molecular formula is C18H26W. The fourth-order valence-electron chi connectivity index (χ4n) is 1.92. The van der Waals surface area contributed by atoms with E-state index in [4.69, 9.17) is 0 Å². The minimum atomic E-state index is 0. The standard InChI is InChI=1S/2C9H13.W/c2*1-2-3-6-9-7-4-5-8-9;/h2*4-5,7-8H,2-3,6H2,1H3;. The Morgan fingerprint density at radius 1 is 0.632 bits per heavy atom. The maximum atomic E-state index is 2.23. The second-order valence-electron chi connectivity index (χ2n) is 4.79. The molecule has 0 unspecified atom stereocenters. The third-order valence-electron chi connectivity index (χ3n) is 3.10. The molecule has 104 valence electrons. The van der Waals surface area contributed by atoms with Crippen LogP contribution in [0.1, 0.15) is 52.4 Å². The Hall–Kier alpha value is 0.688. The average molecular weight is 426 g/mol. The van der Waals surface area contributed by atoms with Crippen molar-refractivity contribution in [1.82, 2.24) is 0 Å². The third-order valence-corrected chi connectivity index (χ3v) is 3.10. The molecule has 0 aromatic carbocycles. The van der Waals surface area contributed by atoms with Gasteiger partial charge >= 0.3 is 0 Å². The van der Waals surface area contributed by atoms with Crippen LogP contribution in [0.2, 0.25) is 0 Å². The number of rotatable bonds is 6. The molecule has 2 fully saturated rings. The van der Waals surface area contributed by atoms with Crippen molar-refractivity contribution in [2.75, 3.05) is 0 Å². The quantitative estimate of drug-likeness (QED) is 0.551. The number of unbranched alkanes of at least 4 members (excludes halogenated alkanes) is 2. The van der Waals surface area contributed by atoms with E-state index in [1.54, 1.807) is 0 Å². The molecule has 2 aliphatic carbocycles. The van der Waals surface area contributed by atoms with Crippen LogP contribution in [0.4, 0.5) is 0 Å². The molecule has 0 aromatic rings. The molecule has 2 saturated carbocycles. The molecule has 0 nitrogen and oxygen atoms in total. The first kappa shape index (κ1) is 19.7. The van der Waals surface area contributed by atoms with Crippen LogP contribution in [-0.2, 0) is 21.1 Å². The predicted octanol–water partition coefficient (Wildman–Crippen LogP) is 5.16. The Morgan fingerprint density at radius 2 is 0.947 bits per heavy atom. The summed E-state index contributed by atoms with van der Waals surface area (Å²) in [5, 5.41) is 0.